The molecule has 0 fully saturated rings. The molecule has 1 heterocycles. The number of aromatic nitrogens is 1. The average molecular weight is 605 g/mol. The van der Waals surface area contributed by atoms with E-state index in [1.165, 1.54) is 16.7 Å². The van der Waals surface area contributed by atoms with Crippen LogP contribution < -0.4 is 0 Å². The van der Waals surface area contributed by atoms with Crippen LogP contribution in [0.15, 0.2) is 78.0 Å². The standard InChI is InChI=1S/C25H29N2.Cm/c1-5-8-25(26-4)15-14-21-10-12-22(13-11-21)17-20(3)18-23(6-2)24-9-7-16-27-19-24;/h5,7-13,16,18H,3,6,14-15,17H2,1-2,4H3;/q-1;/b8-5-,23-18+,26-25?;. The van der Waals surface area contributed by atoms with E-state index in [0.717, 1.165) is 42.5 Å². The van der Waals surface area contributed by atoms with E-state index in [2.05, 4.69) is 66.1 Å². The SMILES string of the molecule is C=C(/C=C(\CC)c1[c-]nccc1)Cc1ccc(CCC(/C=C\C)=NC)cc1.[Cm]. The number of hydrogen-bond acceptors (Lipinski definition) is 2. The molecule has 0 radical (unpaired) electrons. The van der Waals surface area contributed by atoms with Crippen molar-refractivity contribution in [2.45, 2.75) is 39.5 Å². The van der Waals surface area contributed by atoms with Crippen molar-refractivity contribution in [2.24, 2.45) is 4.99 Å². The van der Waals surface area contributed by atoms with Crippen LogP contribution in [0, 0.1) is 6.20 Å². The maximum Gasteiger partial charge on any atom is 0.0344 e. The average Bonchev–Trinajstić information content (AvgIpc) is 2.71. The zero-order chi connectivity index (χ0) is 19.5. The number of aliphatic imine (C=N–C) groups is 1. The molecule has 2 nitrogen and oxygen atoms in total. The third kappa shape index (κ3) is 6.87. The molecule has 2 aromatic rings. The molecule has 2 rings (SSSR count). The van der Waals surface area contributed by atoms with Crippen molar-refractivity contribution in [3.05, 3.63) is 95.9 Å². The van der Waals surface area contributed by atoms with Gasteiger partial charge in [0.05, 0.1) is 0 Å². The number of benzene rings is 1. The maximum absolute atomic E-state index is 4.32. The van der Waals surface area contributed by atoms with Crippen LogP contribution in [0.25, 0.3) is 5.57 Å². The Balaban J connectivity index is 0.00000392. The van der Waals surface area contributed by atoms with Crippen LogP contribution in [0.4, 0.5) is 0 Å². The summed E-state index contributed by atoms with van der Waals surface area (Å²) in [5, 5.41) is 0. The molecule has 1 aromatic heterocycles. The van der Waals surface area contributed by atoms with Crippen LogP contribution in [0.3, 0.4) is 0 Å². The molecule has 0 saturated heterocycles. The summed E-state index contributed by atoms with van der Waals surface area (Å²) < 4.78 is 0. The Morgan fingerprint density at radius 2 is 1.89 bits per heavy atom. The number of aryl methyl sites for hydroxylation is 1. The third-order valence-electron chi connectivity index (χ3n) is 4.48. The smallest absolute Gasteiger partial charge is 0.0344 e. The molecule has 28 heavy (non-hydrogen) atoms. The molecule has 148 valence electrons. The molecular weight excluding hydrogens is 575 g/mol. The molecule has 0 spiro atoms. The molecule has 0 amide bonds. The van der Waals surface area contributed by atoms with Crippen LogP contribution in [0.2, 0.25) is 0 Å². The molecule has 0 aliphatic carbocycles. The predicted molar refractivity (Wildman–Crippen MR) is 117 cm³/mol. The molecule has 0 atom stereocenters. The van der Waals surface area contributed by atoms with Gasteiger partial charge in [0.25, 0.3) is 0 Å². The first-order valence-electron chi connectivity index (χ1n) is 9.53. The van der Waals surface area contributed by atoms with E-state index >= 15 is 0 Å². The Morgan fingerprint density at radius 3 is 2.46 bits per heavy atom. The van der Waals surface area contributed by atoms with Gasteiger partial charge >= 0.3 is 0 Å². The fourth-order valence-corrected chi connectivity index (χ4v) is 2.99. The molecule has 1 aromatic carbocycles. The molecule has 0 aliphatic heterocycles. The fraction of sp³-hybridized carbons (Fsp3) is 0.280. The Kier molecular flexibility index (Phi) is 9.39. The molecule has 3 heteroatoms. The minimum Gasteiger partial charge on any atom is -0.360 e. The summed E-state index contributed by atoms with van der Waals surface area (Å²) in [5.41, 5.74) is 7.13. The van der Waals surface area contributed by atoms with E-state index in [1.807, 2.05) is 32.2 Å². The van der Waals surface area contributed by atoms with E-state index in [9.17, 15) is 0 Å². The van der Waals surface area contributed by atoms with Gasteiger partial charge in [0.15, 0.2) is 0 Å². The molecule has 0 bridgehead atoms. The molecule has 0 saturated carbocycles. The zero-order valence-electron chi connectivity index (χ0n) is 17.1. The largest absolute Gasteiger partial charge is 0.360 e. The number of rotatable bonds is 9. The number of hydrogen-bond donors (Lipinski definition) is 0. The summed E-state index contributed by atoms with van der Waals surface area (Å²) in [6.45, 7) is 8.42. The first kappa shape index (κ1) is 22.3. The van der Waals surface area contributed by atoms with Crippen LogP contribution in [-0.2, 0) is 12.8 Å². The van der Waals surface area contributed by atoms with Gasteiger partial charge in [0.1, 0.15) is 0 Å². The van der Waals surface area contributed by atoms with Crippen molar-refractivity contribution in [2.75, 3.05) is 7.05 Å². The second kappa shape index (κ2) is 11.8. The van der Waals surface area contributed by atoms with Gasteiger partial charge in [0.2, 0.25) is 0 Å². The van der Waals surface area contributed by atoms with E-state index < -0.39 is 0 Å². The second-order valence-electron chi connectivity index (χ2n) is 6.55. The fourth-order valence-electron chi connectivity index (χ4n) is 2.99. The molecule has 0 N–H and O–H groups in total. The van der Waals surface area contributed by atoms with Gasteiger partial charge in [-0.05, 0) is 49.6 Å². The summed E-state index contributed by atoms with van der Waals surface area (Å²) in [7, 11) is 1.85. The third-order valence-corrected chi connectivity index (χ3v) is 4.48. The quantitative estimate of drug-likeness (QED) is 0.194. The van der Waals surface area contributed by atoms with Gasteiger partial charge in [-0.2, -0.15) is 0 Å². The van der Waals surface area contributed by atoms with E-state index in [0.29, 0.717) is 0 Å². The van der Waals surface area contributed by atoms with Crippen LogP contribution in [-0.4, -0.2) is 17.7 Å². The topological polar surface area (TPSA) is 25.2 Å². The van der Waals surface area contributed by atoms with Gasteiger partial charge in [-0.15, -0.1) is 23.3 Å². The van der Waals surface area contributed by atoms with Gasteiger partial charge < -0.3 is 4.98 Å². The Morgan fingerprint density at radius 1 is 1.18 bits per heavy atom. The van der Waals surface area contributed by atoms with E-state index in [4.69, 9.17) is 0 Å². The minimum absolute atomic E-state index is 0. The van der Waals surface area contributed by atoms with Crippen molar-refractivity contribution in [3.63, 3.8) is 0 Å². The van der Waals surface area contributed by atoms with E-state index in [1.54, 1.807) is 6.20 Å². The summed E-state index contributed by atoms with van der Waals surface area (Å²) in [4.78, 5) is 8.41. The number of pyridine rings is 1. The number of allylic oxidation sites excluding steroid dienone is 5. The Hall–Kier alpha value is -3.74. The normalized spacial score (nSPS) is 12.1. The molecular formula is C25H29CmN2-. The maximum atomic E-state index is 4.32. The van der Waals surface area contributed by atoms with Crippen molar-refractivity contribution >= 4 is 11.3 Å². The monoisotopic (exact) mass is 600 g/mol. The van der Waals surface area contributed by atoms with Gasteiger partial charge in [-0.3, -0.25) is 4.99 Å². The van der Waals surface area contributed by atoms with Gasteiger partial charge in [-0.25, -0.2) is 0 Å². The first-order chi connectivity index (χ1) is 13.2. The van der Waals surface area contributed by atoms with E-state index in [-0.39, 0.29) is 0 Å². The van der Waals surface area contributed by atoms with Crippen molar-refractivity contribution in [3.8, 4) is 0 Å². The Bertz CT molecular complexity index is 815. The second-order valence-corrected chi connectivity index (χ2v) is 6.55. The number of nitrogens with zero attached hydrogens (tertiary/aromatic N) is 2. The summed E-state index contributed by atoms with van der Waals surface area (Å²) >= 11 is 0. The predicted octanol–water partition coefficient (Wildman–Crippen LogP) is 6.05. The first-order valence-corrected chi connectivity index (χ1v) is 9.53. The van der Waals surface area contributed by atoms with Crippen LogP contribution in [0.1, 0.15) is 43.4 Å². The van der Waals surface area contributed by atoms with Crippen LogP contribution >= 0.6 is 0 Å². The minimum atomic E-state index is 0. The Labute approximate surface area is 164 Å². The summed E-state index contributed by atoms with van der Waals surface area (Å²) in [6, 6.07) is 12.8. The summed E-state index contributed by atoms with van der Waals surface area (Å²) in [5.74, 6) is 0. The van der Waals surface area contributed by atoms with Crippen LogP contribution in [0.5, 0.6) is 0 Å². The molecule has 0 unspecified atom stereocenters. The van der Waals surface area contributed by atoms with Crippen molar-refractivity contribution < 1.29 is 0 Å². The summed E-state index contributed by atoms with van der Waals surface area (Å²) in [6.07, 6.45) is 14.9. The van der Waals surface area contributed by atoms with Crippen molar-refractivity contribution in [1.82, 2.24) is 4.98 Å². The zero-order valence-corrected chi connectivity index (χ0v) is 20.0. The van der Waals surface area contributed by atoms with Gasteiger partial charge in [0, 0.05) is 12.8 Å². The van der Waals surface area contributed by atoms with Crippen molar-refractivity contribution in [1.29, 1.82) is 0 Å². The van der Waals surface area contributed by atoms with Gasteiger partial charge in [-0.1, -0.05) is 68.1 Å². The molecule has 0 aliphatic rings.